The minimum atomic E-state index is -0.593. The first-order valence-electron chi connectivity index (χ1n) is 9.79. The number of thioether (sulfide) groups is 1. The summed E-state index contributed by atoms with van der Waals surface area (Å²) in [4.78, 5) is 27.4. The zero-order valence-corrected chi connectivity index (χ0v) is 21.1. The molecule has 0 aromatic heterocycles. The topological polar surface area (TPSA) is 49.4 Å². The molecular formula is C22H24Cl4N2O2S. The Morgan fingerprint density at radius 2 is 1.74 bits per heavy atom. The quantitative estimate of drug-likeness (QED) is 0.389. The normalized spacial score (nSPS) is 11.8. The van der Waals surface area contributed by atoms with E-state index in [4.69, 9.17) is 46.4 Å². The molecule has 2 aromatic carbocycles. The first-order valence-corrected chi connectivity index (χ1v) is 12.5. The third-order valence-corrected chi connectivity index (χ3v) is 6.89. The number of hydrogen-bond donors (Lipinski definition) is 1. The second-order valence-electron chi connectivity index (χ2n) is 6.82. The van der Waals surface area contributed by atoms with Gasteiger partial charge in [-0.1, -0.05) is 65.5 Å². The van der Waals surface area contributed by atoms with Gasteiger partial charge in [-0.3, -0.25) is 9.59 Å². The van der Waals surface area contributed by atoms with Gasteiger partial charge >= 0.3 is 0 Å². The molecule has 4 nitrogen and oxygen atoms in total. The highest BCUT2D eigenvalue weighted by Crippen LogP contribution is 2.26. The number of nitrogens with one attached hydrogen (secondary N) is 1. The van der Waals surface area contributed by atoms with Gasteiger partial charge < -0.3 is 10.2 Å². The van der Waals surface area contributed by atoms with Crippen molar-refractivity contribution < 1.29 is 9.59 Å². The molecule has 2 aromatic rings. The van der Waals surface area contributed by atoms with Crippen LogP contribution in [-0.4, -0.2) is 35.1 Å². The number of carbonyl (C=O) groups excluding carboxylic acids is 2. The SMILES string of the molecule is CCNC(=O)C(CC)N(Cc1ccc(Cl)cc1Cl)C(=O)CSCc1ccc(Cl)c(Cl)c1. The van der Waals surface area contributed by atoms with Gasteiger partial charge in [-0.25, -0.2) is 0 Å². The smallest absolute Gasteiger partial charge is 0.242 e. The van der Waals surface area contributed by atoms with E-state index in [1.807, 2.05) is 19.9 Å². The van der Waals surface area contributed by atoms with Crippen molar-refractivity contribution >= 4 is 70.0 Å². The average Bonchev–Trinajstić information content (AvgIpc) is 2.72. The summed E-state index contributed by atoms with van der Waals surface area (Å²) in [7, 11) is 0. The molecule has 0 spiro atoms. The summed E-state index contributed by atoms with van der Waals surface area (Å²) in [5.74, 6) is 0.476. The number of hydrogen-bond acceptors (Lipinski definition) is 3. The van der Waals surface area contributed by atoms with Gasteiger partial charge in [0.2, 0.25) is 11.8 Å². The summed E-state index contributed by atoms with van der Waals surface area (Å²) >= 11 is 25.8. The highest BCUT2D eigenvalue weighted by atomic mass is 35.5. The van der Waals surface area contributed by atoms with Crippen LogP contribution in [0.2, 0.25) is 20.1 Å². The van der Waals surface area contributed by atoms with Gasteiger partial charge in [0.1, 0.15) is 6.04 Å². The van der Waals surface area contributed by atoms with Crippen LogP contribution in [0.25, 0.3) is 0 Å². The summed E-state index contributed by atoms with van der Waals surface area (Å²) in [6.45, 7) is 4.44. The van der Waals surface area contributed by atoms with Gasteiger partial charge in [-0.05, 0) is 48.7 Å². The fourth-order valence-electron chi connectivity index (χ4n) is 3.01. The summed E-state index contributed by atoms with van der Waals surface area (Å²) in [5.41, 5.74) is 1.70. The van der Waals surface area contributed by atoms with Crippen LogP contribution in [0.15, 0.2) is 36.4 Å². The zero-order valence-electron chi connectivity index (χ0n) is 17.3. The predicted molar refractivity (Wildman–Crippen MR) is 132 cm³/mol. The molecule has 2 rings (SSSR count). The maximum Gasteiger partial charge on any atom is 0.242 e. The first kappa shape index (κ1) is 26.1. The lowest BCUT2D eigenvalue weighted by molar-refractivity contribution is -0.139. The Labute approximate surface area is 207 Å². The summed E-state index contributed by atoms with van der Waals surface area (Å²) in [6.07, 6.45) is 0.486. The van der Waals surface area contributed by atoms with E-state index in [2.05, 4.69) is 5.32 Å². The molecular weight excluding hydrogens is 498 g/mol. The van der Waals surface area contributed by atoms with E-state index in [1.54, 1.807) is 35.2 Å². The molecule has 0 saturated carbocycles. The Kier molecular flexibility index (Phi) is 10.8. The molecule has 0 aliphatic rings. The highest BCUT2D eigenvalue weighted by molar-refractivity contribution is 7.99. The molecule has 0 bridgehead atoms. The average molecular weight is 522 g/mol. The Morgan fingerprint density at radius 3 is 2.35 bits per heavy atom. The molecule has 31 heavy (non-hydrogen) atoms. The van der Waals surface area contributed by atoms with Gasteiger partial charge in [-0.15, -0.1) is 11.8 Å². The van der Waals surface area contributed by atoms with Crippen molar-refractivity contribution in [2.75, 3.05) is 12.3 Å². The second kappa shape index (κ2) is 12.8. The number of benzene rings is 2. The van der Waals surface area contributed by atoms with Gasteiger partial charge in [0.05, 0.1) is 15.8 Å². The predicted octanol–water partition coefficient (Wildman–Crippen LogP) is 6.48. The molecule has 2 amide bonds. The number of rotatable bonds is 10. The molecule has 0 radical (unpaired) electrons. The number of amides is 2. The molecule has 0 saturated heterocycles. The van der Waals surface area contributed by atoms with Crippen molar-refractivity contribution in [1.82, 2.24) is 10.2 Å². The molecule has 0 aliphatic carbocycles. The summed E-state index contributed by atoms with van der Waals surface area (Å²) in [6, 6.07) is 9.93. The van der Waals surface area contributed by atoms with Gasteiger partial charge in [0.15, 0.2) is 0 Å². The first-order chi connectivity index (χ1) is 14.8. The highest BCUT2D eigenvalue weighted by Gasteiger charge is 2.28. The number of nitrogens with zero attached hydrogens (tertiary/aromatic N) is 1. The van der Waals surface area contributed by atoms with Crippen LogP contribution >= 0.6 is 58.2 Å². The van der Waals surface area contributed by atoms with E-state index >= 15 is 0 Å². The molecule has 0 fully saturated rings. The van der Waals surface area contributed by atoms with E-state index < -0.39 is 6.04 Å². The lowest BCUT2D eigenvalue weighted by Crippen LogP contribution is -2.49. The molecule has 0 heterocycles. The van der Waals surface area contributed by atoms with Gasteiger partial charge in [0.25, 0.3) is 0 Å². The van der Waals surface area contributed by atoms with E-state index in [0.29, 0.717) is 38.8 Å². The number of likely N-dealkylation sites (N-methyl/N-ethyl adjacent to an activating group) is 1. The van der Waals surface area contributed by atoms with Gasteiger partial charge in [-0.2, -0.15) is 0 Å². The fourth-order valence-corrected chi connectivity index (χ4v) is 4.66. The molecule has 1 N–H and O–H groups in total. The van der Waals surface area contributed by atoms with E-state index in [-0.39, 0.29) is 24.1 Å². The molecule has 1 atom stereocenters. The van der Waals surface area contributed by atoms with E-state index in [0.717, 1.165) is 11.1 Å². The third-order valence-electron chi connectivity index (χ3n) is 4.57. The minimum Gasteiger partial charge on any atom is -0.355 e. The van der Waals surface area contributed by atoms with Crippen LogP contribution in [0, 0.1) is 0 Å². The molecule has 1 unspecified atom stereocenters. The van der Waals surface area contributed by atoms with Crippen molar-refractivity contribution in [2.24, 2.45) is 0 Å². The Bertz CT molecular complexity index is 926. The molecule has 9 heteroatoms. The maximum atomic E-state index is 13.2. The van der Waals surface area contributed by atoms with Crippen molar-refractivity contribution in [2.45, 2.75) is 38.6 Å². The Morgan fingerprint density at radius 1 is 1.00 bits per heavy atom. The van der Waals surface area contributed by atoms with Crippen molar-refractivity contribution in [3.8, 4) is 0 Å². The monoisotopic (exact) mass is 520 g/mol. The van der Waals surface area contributed by atoms with Crippen molar-refractivity contribution in [3.63, 3.8) is 0 Å². The minimum absolute atomic E-state index is 0.144. The number of halogens is 4. The van der Waals surface area contributed by atoms with Crippen LogP contribution in [-0.2, 0) is 21.9 Å². The maximum absolute atomic E-state index is 13.2. The lowest BCUT2D eigenvalue weighted by Gasteiger charge is -2.30. The van der Waals surface area contributed by atoms with E-state index in [1.165, 1.54) is 11.8 Å². The molecule has 168 valence electrons. The summed E-state index contributed by atoms with van der Waals surface area (Å²) in [5, 5.41) is 4.76. The third kappa shape index (κ3) is 7.76. The Balaban J connectivity index is 2.15. The zero-order chi connectivity index (χ0) is 23.0. The fraction of sp³-hybridized carbons (Fsp3) is 0.364. The van der Waals surface area contributed by atoms with Crippen LogP contribution in [0.5, 0.6) is 0 Å². The Hall–Kier alpha value is -1.11. The van der Waals surface area contributed by atoms with Crippen molar-refractivity contribution in [3.05, 3.63) is 67.6 Å². The lowest BCUT2D eigenvalue weighted by atomic mass is 10.1. The standard InChI is InChI=1S/C22H24Cl4N2O2S/c1-3-20(22(30)27-4-2)28(11-15-6-7-16(23)10-18(15)25)21(29)13-31-12-14-5-8-17(24)19(26)9-14/h5-10,20H,3-4,11-13H2,1-2H3,(H,27,30). The van der Waals surface area contributed by atoms with Crippen LogP contribution in [0.1, 0.15) is 31.4 Å². The van der Waals surface area contributed by atoms with E-state index in [9.17, 15) is 9.59 Å². The molecule has 0 aliphatic heterocycles. The van der Waals surface area contributed by atoms with Crippen LogP contribution in [0.4, 0.5) is 0 Å². The van der Waals surface area contributed by atoms with Gasteiger partial charge in [0, 0.05) is 28.9 Å². The second-order valence-corrected chi connectivity index (χ2v) is 9.46. The van der Waals surface area contributed by atoms with Crippen LogP contribution < -0.4 is 5.32 Å². The summed E-state index contributed by atoms with van der Waals surface area (Å²) < 4.78 is 0. The largest absolute Gasteiger partial charge is 0.355 e. The van der Waals surface area contributed by atoms with Crippen LogP contribution in [0.3, 0.4) is 0 Å². The number of carbonyl (C=O) groups is 2. The van der Waals surface area contributed by atoms with Crippen molar-refractivity contribution in [1.29, 1.82) is 0 Å².